The lowest BCUT2D eigenvalue weighted by Gasteiger charge is -2.17. The van der Waals surface area contributed by atoms with E-state index in [0.717, 1.165) is 27.5 Å². The van der Waals surface area contributed by atoms with Crippen LogP contribution in [0.15, 0.2) is 60.7 Å². The van der Waals surface area contributed by atoms with Crippen LogP contribution in [-0.4, -0.2) is 35.3 Å². The molecule has 0 radical (unpaired) electrons. The summed E-state index contributed by atoms with van der Waals surface area (Å²) in [4.78, 5) is 13.0. The van der Waals surface area contributed by atoms with Gasteiger partial charge in [0, 0.05) is 51.5 Å². The Balaban J connectivity index is 1.52. The molecule has 1 N–H and O–H groups in total. The monoisotopic (exact) mass is 456 g/mol. The van der Waals surface area contributed by atoms with E-state index in [2.05, 4.69) is 4.57 Å². The molecule has 1 heterocycles. The third kappa shape index (κ3) is 4.49. The molecule has 0 bridgehead atoms. The molecular formula is C24H22Cl2N2O3. The van der Waals surface area contributed by atoms with Crippen molar-refractivity contribution in [2.24, 2.45) is 0 Å². The Kier molecular flexibility index (Phi) is 6.10. The van der Waals surface area contributed by atoms with Crippen molar-refractivity contribution in [2.75, 3.05) is 18.6 Å². The minimum absolute atomic E-state index is 0.0437. The summed E-state index contributed by atoms with van der Waals surface area (Å²) < 4.78 is 7.82. The summed E-state index contributed by atoms with van der Waals surface area (Å²) in [7, 11) is 1.72. The number of hydrogen-bond donors (Lipinski definition) is 1. The summed E-state index contributed by atoms with van der Waals surface area (Å²) >= 11 is 12.4. The van der Waals surface area contributed by atoms with Crippen molar-refractivity contribution in [3.8, 4) is 5.75 Å². The molecule has 160 valence electrons. The molecule has 3 aromatic carbocycles. The fraction of sp³-hybridized carbons (Fsp3) is 0.208. The number of ether oxygens (including phenoxy) is 1. The summed E-state index contributed by atoms with van der Waals surface area (Å²) in [6, 6.07) is 18.6. The summed E-state index contributed by atoms with van der Waals surface area (Å²) in [5.41, 5.74) is 2.72. The molecule has 5 nitrogen and oxygen atoms in total. The van der Waals surface area contributed by atoms with Crippen LogP contribution in [0.1, 0.15) is 6.92 Å². The van der Waals surface area contributed by atoms with Gasteiger partial charge < -0.3 is 19.3 Å². The summed E-state index contributed by atoms with van der Waals surface area (Å²) in [5.74, 6) is 0.582. The zero-order valence-corrected chi connectivity index (χ0v) is 18.7. The molecule has 1 atom stereocenters. The Labute approximate surface area is 190 Å². The fourth-order valence-electron chi connectivity index (χ4n) is 3.65. The lowest BCUT2D eigenvalue weighted by Crippen LogP contribution is -2.24. The van der Waals surface area contributed by atoms with E-state index in [0.29, 0.717) is 22.3 Å². The van der Waals surface area contributed by atoms with Crippen LogP contribution in [-0.2, 0) is 11.3 Å². The largest absolute Gasteiger partial charge is 0.491 e. The number of rotatable bonds is 6. The third-order valence-corrected chi connectivity index (χ3v) is 5.79. The zero-order valence-electron chi connectivity index (χ0n) is 17.2. The van der Waals surface area contributed by atoms with Gasteiger partial charge in [-0.1, -0.05) is 23.2 Å². The van der Waals surface area contributed by atoms with Crippen LogP contribution in [0.25, 0.3) is 21.8 Å². The Morgan fingerprint density at radius 2 is 1.55 bits per heavy atom. The first kappa shape index (κ1) is 21.5. The highest BCUT2D eigenvalue weighted by atomic mass is 35.5. The predicted molar refractivity (Wildman–Crippen MR) is 126 cm³/mol. The molecule has 0 aliphatic rings. The average molecular weight is 457 g/mol. The van der Waals surface area contributed by atoms with E-state index in [9.17, 15) is 9.90 Å². The van der Waals surface area contributed by atoms with Gasteiger partial charge in [0.2, 0.25) is 5.91 Å². The number of hydrogen-bond acceptors (Lipinski definition) is 3. The van der Waals surface area contributed by atoms with Crippen LogP contribution in [0.3, 0.4) is 0 Å². The van der Waals surface area contributed by atoms with Gasteiger partial charge in [0.1, 0.15) is 18.5 Å². The number of carbonyl (C=O) groups excluding carboxylic acids is 1. The van der Waals surface area contributed by atoms with Crippen molar-refractivity contribution in [2.45, 2.75) is 19.6 Å². The van der Waals surface area contributed by atoms with Crippen molar-refractivity contribution in [1.29, 1.82) is 0 Å². The first-order chi connectivity index (χ1) is 14.8. The topological polar surface area (TPSA) is 54.7 Å². The molecule has 1 amide bonds. The van der Waals surface area contributed by atoms with Crippen LogP contribution in [0.2, 0.25) is 10.0 Å². The molecule has 0 aliphatic heterocycles. The number of aliphatic hydroxyl groups excluding tert-OH is 1. The van der Waals surface area contributed by atoms with E-state index >= 15 is 0 Å². The van der Waals surface area contributed by atoms with Gasteiger partial charge in [0.05, 0.1) is 6.54 Å². The van der Waals surface area contributed by atoms with Crippen molar-refractivity contribution < 1.29 is 14.6 Å². The third-order valence-electron chi connectivity index (χ3n) is 5.32. The van der Waals surface area contributed by atoms with Gasteiger partial charge in [-0.25, -0.2) is 0 Å². The Morgan fingerprint density at radius 1 is 1.00 bits per heavy atom. The minimum atomic E-state index is -0.732. The Hall–Kier alpha value is -2.73. The molecule has 0 aliphatic carbocycles. The molecule has 0 saturated carbocycles. The number of benzene rings is 3. The van der Waals surface area contributed by atoms with Crippen LogP contribution in [0, 0.1) is 0 Å². The second-order valence-corrected chi connectivity index (χ2v) is 8.34. The van der Waals surface area contributed by atoms with Crippen LogP contribution in [0.4, 0.5) is 5.69 Å². The van der Waals surface area contributed by atoms with Crippen LogP contribution >= 0.6 is 23.2 Å². The Bertz CT molecular complexity index is 1190. The van der Waals surface area contributed by atoms with Gasteiger partial charge >= 0.3 is 0 Å². The zero-order chi connectivity index (χ0) is 22.1. The van der Waals surface area contributed by atoms with Crippen molar-refractivity contribution in [1.82, 2.24) is 4.57 Å². The number of anilines is 1. The number of aliphatic hydroxyl groups is 1. The second kappa shape index (κ2) is 8.79. The first-order valence-corrected chi connectivity index (χ1v) is 10.6. The standard InChI is InChI=1S/C24H22Cl2N2O3/c1-15(29)27(2)18-5-7-20(8-6-18)31-14-19(30)13-28-23-9-3-16(25)11-21(23)22-12-17(26)4-10-24(22)28/h3-12,19,30H,13-14H2,1-2H3/t19-/m1/s1. The molecule has 4 rings (SSSR count). The Morgan fingerprint density at radius 3 is 2.06 bits per heavy atom. The molecule has 0 spiro atoms. The molecule has 0 unspecified atom stereocenters. The average Bonchev–Trinajstić information content (AvgIpc) is 3.04. The van der Waals surface area contributed by atoms with E-state index in [-0.39, 0.29) is 12.5 Å². The van der Waals surface area contributed by atoms with E-state index in [4.69, 9.17) is 27.9 Å². The molecule has 1 aromatic heterocycles. The van der Waals surface area contributed by atoms with Gasteiger partial charge in [-0.05, 0) is 60.7 Å². The molecule has 7 heteroatoms. The highest BCUT2D eigenvalue weighted by Gasteiger charge is 2.15. The van der Waals surface area contributed by atoms with E-state index < -0.39 is 6.10 Å². The maximum Gasteiger partial charge on any atom is 0.223 e. The summed E-state index contributed by atoms with van der Waals surface area (Å²) in [6.07, 6.45) is -0.732. The normalized spacial score (nSPS) is 12.3. The van der Waals surface area contributed by atoms with E-state index in [1.54, 1.807) is 24.1 Å². The predicted octanol–water partition coefficient (Wildman–Crippen LogP) is 5.52. The van der Waals surface area contributed by atoms with Gasteiger partial charge in [-0.15, -0.1) is 0 Å². The van der Waals surface area contributed by atoms with Crippen molar-refractivity contribution >= 4 is 56.6 Å². The highest BCUT2D eigenvalue weighted by molar-refractivity contribution is 6.33. The lowest BCUT2D eigenvalue weighted by molar-refractivity contribution is -0.116. The molecule has 31 heavy (non-hydrogen) atoms. The second-order valence-electron chi connectivity index (χ2n) is 7.47. The fourth-order valence-corrected chi connectivity index (χ4v) is 3.99. The molecule has 0 fully saturated rings. The summed E-state index contributed by atoms with van der Waals surface area (Å²) in [5, 5.41) is 13.9. The van der Waals surface area contributed by atoms with E-state index in [1.165, 1.54) is 6.92 Å². The van der Waals surface area contributed by atoms with Crippen molar-refractivity contribution in [3.05, 3.63) is 70.7 Å². The van der Waals surface area contributed by atoms with Crippen LogP contribution < -0.4 is 9.64 Å². The van der Waals surface area contributed by atoms with Gasteiger partial charge in [-0.3, -0.25) is 4.79 Å². The van der Waals surface area contributed by atoms with Crippen LogP contribution in [0.5, 0.6) is 5.75 Å². The minimum Gasteiger partial charge on any atom is -0.491 e. The number of aromatic nitrogens is 1. The number of halogens is 2. The highest BCUT2D eigenvalue weighted by Crippen LogP contribution is 2.33. The quantitative estimate of drug-likeness (QED) is 0.415. The lowest BCUT2D eigenvalue weighted by atomic mass is 10.1. The van der Waals surface area contributed by atoms with E-state index in [1.807, 2.05) is 48.5 Å². The molecule has 0 saturated heterocycles. The smallest absolute Gasteiger partial charge is 0.223 e. The number of carbonyl (C=O) groups is 1. The number of amides is 1. The van der Waals surface area contributed by atoms with Crippen molar-refractivity contribution in [3.63, 3.8) is 0 Å². The first-order valence-electron chi connectivity index (χ1n) is 9.85. The number of fused-ring (bicyclic) bond motifs is 3. The summed E-state index contributed by atoms with van der Waals surface area (Å²) in [6.45, 7) is 2.00. The maximum absolute atomic E-state index is 11.5. The molecular weight excluding hydrogens is 435 g/mol. The van der Waals surface area contributed by atoms with Gasteiger partial charge in [0.15, 0.2) is 0 Å². The van der Waals surface area contributed by atoms with Gasteiger partial charge in [-0.2, -0.15) is 0 Å². The number of nitrogens with zero attached hydrogens (tertiary/aromatic N) is 2. The SMILES string of the molecule is CC(=O)N(C)c1ccc(OC[C@H](O)Cn2c3ccc(Cl)cc3c3cc(Cl)ccc32)cc1. The maximum atomic E-state index is 11.5. The van der Waals surface area contributed by atoms with Gasteiger partial charge in [0.25, 0.3) is 0 Å². The molecule has 4 aromatic rings.